The van der Waals surface area contributed by atoms with Gasteiger partial charge in [0.05, 0.1) is 0 Å². The fraction of sp³-hybridized carbons (Fsp3) is 0.611. The lowest BCUT2D eigenvalue weighted by Gasteiger charge is -2.42. The minimum absolute atomic E-state index is 0.0155. The predicted molar refractivity (Wildman–Crippen MR) is 108 cm³/mol. The number of urea groups is 1. The first kappa shape index (κ1) is 23.0. The van der Waals surface area contributed by atoms with E-state index in [0.29, 0.717) is 25.0 Å². The molecule has 29 heavy (non-hydrogen) atoms. The van der Waals surface area contributed by atoms with Gasteiger partial charge in [0.2, 0.25) is 0 Å². The summed E-state index contributed by atoms with van der Waals surface area (Å²) < 4.78 is 0. The van der Waals surface area contributed by atoms with Crippen LogP contribution < -0.4 is 28.4 Å². The Morgan fingerprint density at radius 3 is 2.10 bits per heavy atom. The van der Waals surface area contributed by atoms with E-state index in [1.807, 2.05) is 20.8 Å². The van der Waals surface area contributed by atoms with Crippen LogP contribution in [-0.4, -0.2) is 65.2 Å². The van der Waals surface area contributed by atoms with E-state index in [1.165, 1.54) is 14.1 Å². The Morgan fingerprint density at radius 2 is 1.66 bits per heavy atom. The Kier molecular flexibility index (Phi) is 6.21. The number of allylic oxidation sites excluding steroid dienone is 3. The number of nitrogens with zero attached hydrogens (tertiary/aromatic N) is 3. The Bertz CT molecular complexity index is 758. The van der Waals surface area contributed by atoms with E-state index < -0.39 is 29.8 Å². The number of hydrazine groups is 1. The van der Waals surface area contributed by atoms with Crippen LogP contribution in [0.3, 0.4) is 0 Å². The second kappa shape index (κ2) is 7.84. The number of hydrogen-bond donors (Lipinski definition) is 5. The molecule has 0 bridgehead atoms. The molecule has 9 N–H and O–H groups in total. The van der Waals surface area contributed by atoms with E-state index in [0.717, 1.165) is 15.5 Å². The van der Waals surface area contributed by atoms with E-state index >= 15 is 0 Å². The SMILES string of the molecule is CCN(NC(N)(N)C(N)N)C1=CC(=C2C(=O)N(C)C(=O)N(C)C2=O)CC(C)(C)C1. The molecule has 11 nitrogen and oxygen atoms in total. The van der Waals surface area contributed by atoms with E-state index in [4.69, 9.17) is 22.9 Å². The van der Waals surface area contributed by atoms with Gasteiger partial charge < -0.3 is 16.5 Å². The van der Waals surface area contributed by atoms with Crippen molar-refractivity contribution in [2.45, 2.75) is 45.6 Å². The van der Waals surface area contributed by atoms with E-state index in [2.05, 4.69) is 5.43 Å². The summed E-state index contributed by atoms with van der Waals surface area (Å²) in [4.78, 5) is 39.4. The van der Waals surface area contributed by atoms with E-state index in [9.17, 15) is 14.4 Å². The Balaban J connectivity index is 2.55. The second-order valence-corrected chi connectivity index (χ2v) is 8.38. The third-order valence-electron chi connectivity index (χ3n) is 5.14. The number of hydrogen-bond acceptors (Lipinski definition) is 9. The molecule has 0 aromatic heterocycles. The van der Waals surface area contributed by atoms with Crippen LogP contribution in [0.1, 0.15) is 33.6 Å². The Morgan fingerprint density at radius 1 is 1.14 bits per heavy atom. The molecule has 0 aromatic rings. The molecule has 0 saturated carbocycles. The lowest BCUT2D eigenvalue weighted by molar-refractivity contribution is -0.134. The van der Waals surface area contributed by atoms with Crippen LogP contribution in [0.5, 0.6) is 0 Å². The summed E-state index contributed by atoms with van der Waals surface area (Å²) in [5.74, 6) is -2.79. The average Bonchev–Trinajstić information content (AvgIpc) is 2.61. The number of amides is 4. The van der Waals surface area contributed by atoms with Gasteiger partial charge in [-0.3, -0.25) is 30.9 Å². The average molecular weight is 409 g/mol. The maximum atomic E-state index is 12.7. The van der Waals surface area contributed by atoms with Gasteiger partial charge in [-0.25, -0.2) is 4.79 Å². The van der Waals surface area contributed by atoms with Crippen molar-refractivity contribution in [1.29, 1.82) is 0 Å². The van der Waals surface area contributed by atoms with Gasteiger partial charge in [0.15, 0.2) is 5.79 Å². The van der Waals surface area contributed by atoms with Crippen molar-refractivity contribution >= 4 is 17.8 Å². The van der Waals surface area contributed by atoms with Crippen LogP contribution in [0, 0.1) is 5.41 Å². The highest BCUT2D eigenvalue weighted by molar-refractivity contribution is 6.29. The van der Waals surface area contributed by atoms with Gasteiger partial charge >= 0.3 is 6.03 Å². The molecule has 0 aromatic carbocycles. The first-order chi connectivity index (χ1) is 13.2. The van der Waals surface area contributed by atoms with Crippen LogP contribution in [0.2, 0.25) is 0 Å². The zero-order chi connectivity index (χ0) is 22.3. The number of carbonyl (C=O) groups is 3. The van der Waals surface area contributed by atoms with Gasteiger partial charge in [0.25, 0.3) is 11.8 Å². The molecule has 162 valence electrons. The van der Waals surface area contributed by atoms with Crippen LogP contribution in [0.25, 0.3) is 0 Å². The maximum absolute atomic E-state index is 12.7. The van der Waals surface area contributed by atoms with Gasteiger partial charge in [-0.05, 0) is 36.8 Å². The van der Waals surface area contributed by atoms with Crippen molar-refractivity contribution in [2.75, 3.05) is 20.6 Å². The molecule has 1 aliphatic heterocycles. The molecule has 1 aliphatic carbocycles. The minimum atomic E-state index is -1.56. The molecule has 0 unspecified atom stereocenters. The second-order valence-electron chi connectivity index (χ2n) is 8.38. The Hall–Kier alpha value is -2.31. The number of carbonyl (C=O) groups excluding carboxylic acids is 3. The quantitative estimate of drug-likeness (QED) is 0.160. The molecule has 0 atom stereocenters. The monoisotopic (exact) mass is 408 g/mol. The summed E-state index contributed by atoms with van der Waals surface area (Å²) in [6, 6.07) is -0.659. The summed E-state index contributed by atoms with van der Waals surface area (Å²) in [5.41, 5.74) is 27.2. The van der Waals surface area contributed by atoms with Gasteiger partial charge in [-0.15, -0.1) is 0 Å². The molecule has 2 rings (SSSR count). The summed E-state index contributed by atoms with van der Waals surface area (Å²) >= 11 is 0. The van der Waals surface area contributed by atoms with Crippen molar-refractivity contribution in [2.24, 2.45) is 28.3 Å². The number of nitrogens with two attached hydrogens (primary N) is 4. The molecule has 1 saturated heterocycles. The molecule has 4 amide bonds. The zero-order valence-electron chi connectivity index (χ0n) is 17.7. The number of imide groups is 2. The number of nitrogens with one attached hydrogen (secondary N) is 1. The largest absolute Gasteiger partial charge is 0.333 e. The topological polar surface area (TPSA) is 177 Å². The van der Waals surface area contributed by atoms with Gasteiger partial charge in [-0.1, -0.05) is 13.8 Å². The zero-order valence-corrected chi connectivity index (χ0v) is 17.7. The lowest BCUT2D eigenvalue weighted by Crippen LogP contribution is -2.76. The first-order valence-corrected chi connectivity index (χ1v) is 9.40. The summed E-state index contributed by atoms with van der Waals surface area (Å²) in [7, 11) is 2.71. The van der Waals surface area contributed by atoms with E-state index in [-0.39, 0.29) is 11.0 Å². The maximum Gasteiger partial charge on any atom is 0.333 e. The van der Waals surface area contributed by atoms with Crippen molar-refractivity contribution in [1.82, 2.24) is 20.2 Å². The van der Waals surface area contributed by atoms with Crippen LogP contribution in [-0.2, 0) is 9.59 Å². The van der Waals surface area contributed by atoms with Crippen LogP contribution >= 0.6 is 0 Å². The smallest absolute Gasteiger partial charge is 0.312 e. The first-order valence-electron chi connectivity index (χ1n) is 9.40. The highest BCUT2D eigenvalue weighted by Gasteiger charge is 2.41. The third-order valence-corrected chi connectivity index (χ3v) is 5.14. The van der Waals surface area contributed by atoms with Crippen LogP contribution in [0.15, 0.2) is 22.9 Å². The fourth-order valence-corrected chi connectivity index (χ4v) is 3.47. The molecule has 2 aliphatic rings. The van der Waals surface area contributed by atoms with Crippen molar-refractivity contribution in [3.05, 3.63) is 22.9 Å². The highest BCUT2D eigenvalue weighted by Crippen LogP contribution is 2.40. The summed E-state index contributed by atoms with van der Waals surface area (Å²) in [6.07, 6.45) is 1.86. The number of likely N-dealkylation sites (N-methyl/N-ethyl adjacent to an activating group) is 2. The highest BCUT2D eigenvalue weighted by atomic mass is 16.2. The fourth-order valence-electron chi connectivity index (χ4n) is 3.47. The minimum Gasteiger partial charge on any atom is -0.312 e. The third kappa shape index (κ3) is 4.49. The van der Waals surface area contributed by atoms with Crippen molar-refractivity contribution in [3.63, 3.8) is 0 Å². The molecule has 1 heterocycles. The standard InChI is InChI=1S/C18H32N8O3/c1-6-26(23-18(21,22)15(19)20)11-7-10(8-17(2,3)9-11)12-13(27)24(4)16(29)25(5)14(12)28/h7,15,23H,6,8-9,19-22H2,1-5H3. The number of barbiturate groups is 1. The number of rotatable bonds is 5. The van der Waals surface area contributed by atoms with E-state index in [1.54, 1.807) is 11.1 Å². The van der Waals surface area contributed by atoms with Gasteiger partial charge in [0.1, 0.15) is 11.7 Å². The lowest BCUT2D eigenvalue weighted by atomic mass is 9.75. The molecule has 0 spiro atoms. The summed E-state index contributed by atoms with van der Waals surface area (Å²) in [5, 5.41) is 1.71. The van der Waals surface area contributed by atoms with Crippen LogP contribution in [0.4, 0.5) is 4.79 Å². The predicted octanol–water partition coefficient (Wildman–Crippen LogP) is -1.32. The molecular weight excluding hydrogens is 376 g/mol. The normalized spacial score (nSPS) is 20.6. The van der Waals surface area contributed by atoms with Gasteiger partial charge in [0, 0.05) is 26.3 Å². The molecule has 1 fully saturated rings. The summed E-state index contributed by atoms with van der Waals surface area (Å²) in [6.45, 7) is 6.42. The molecule has 11 heteroatoms. The molecular formula is C18H32N8O3. The van der Waals surface area contributed by atoms with Crippen molar-refractivity contribution in [3.8, 4) is 0 Å². The Labute approximate surface area is 170 Å². The van der Waals surface area contributed by atoms with Crippen molar-refractivity contribution < 1.29 is 14.4 Å². The van der Waals surface area contributed by atoms with Gasteiger partial charge in [-0.2, -0.15) is 5.43 Å². The molecule has 0 radical (unpaired) electrons.